The monoisotopic (exact) mass is 596 g/mol. The van der Waals surface area contributed by atoms with Crippen LogP contribution in [0.1, 0.15) is 75.6 Å². The van der Waals surface area contributed by atoms with Crippen LogP contribution in [0, 0.1) is 6.92 Å². The first-order chi connectivity index (χ1) is 20.2. The molecule has 0 atom stereocenters. The maximum Gasteiger partial charge on any atom is 0.416 e. The predicted molar refractivity (Wildman–Crippen MR) is 165 cm³/mol. The zero-order valence-electron chi connectivity index (χ0n) is 23.8. The molecule has 3 aromatic rings. The molecule has 6 nitrogen and oxygen atoms in total. The van der Waals surface area contributed by atoms with E-state index in [-0.39, 0.29) is 22.6 Å². The van der Waals surface area contributed by atoms with Gasteiger partial charge in [0.25, 0.3) is 11.8 Å². The van der Waals surface area contributed by atoms with Crippen LogP contribution < -0.4 is 15.6 Å². The highest BCUT2D eigenvalue weighted by atomic mass is 32.2. The molecule has 1 aliphatic rings. The van der Waals surface area contributed by atoms with Crippen molar-refractivity contribution in [1.29, 1.82) is 0 Å². The lowest BCUT2D eigenvalue weighted by atomic mass is 10.1. The number of hydrogen-bond acceptors (Lipinski definition) is 5. The summed E-state index contributed by atoms with van der Waals surface area (Å²) in [5.74, 6) is 0.901. The van der Waals surface area contributed by atoms with E-state index in [2.05, 4.69) is 27.7 Å². The Hall–Kier alpha value is -3.79. The average Bonchev–Trinajstić information content (AvgIpc) is 2.98. The molecule has 2 amide bonds. The molecule has 1 saturated heterocycles. The van der Waals surface area contributed by atoms with Gasteiger partial charge >= 0.3 is 6.18 Å². The summed E-state index contributed by atoms with van der Waals surface area (Å²) < 4.78 is 39.9. The summed E-state index contributed by atoms with van der Waals surface area (Å²) in [5, 5.41) is 6.79. The molecule has 0 aromatic heterocycles. The van der Waals surface area contributed by atoms with Crippen LogP contribution in [-0.2, 0) is 11.9 Å². The Kier molecular flexibility index (Phi) is 10.7. The second kappa shape index (κ2) is 14.4. The van der Waals surface area contributed by atoms with Crippen LogP contribution in [-0.4, -0.2) is 36.9 Å². The van der Waals surface area contributed by atoms with Crippen molar-refractivity contribution in [3.63, 3.8) is 0 Å². The Morgan fingerprint density at radius 1 is 1.00 bits per heavy atom. The second-order valence-electron chi connectivity index (χ2n) is 10.3. The third-order valence-electron chi connectivity index (χ3n) is 6.97. The Labute approximate surface area is 248 Å². The number of hydrogen-bond donors (Lipinski definition) is 2. The highest BCUT2D eigenvalue weighted by molar-refractivity contribution is 7.98. The number of carbonyl (C=O) groups excluding carboxylic acids is 2. The summed E-state index contributed by atoms with van der Waals surface area (Å²) in [5.41, 5.74) is 4.85. The molecule has 222 valence electrons. The van der Waals surface area contributed by atoms with Crippen LogP contribution in [0.2, 0.25) is 0 Å². The van der Waals surface area contributed by atoms with E-state index in [1.807, 2.05) is 24.3 Å². The first-order valence-electron chi connectivity index (χ1n) is 14.0. The fourth-order valence-electron chi connectivity index (χ4n) is 4.76. The number of thioether (sulfide) groups is 1. The number of carbonyl (C=O) groups is 2. The number of alkyl halides is 3. The van der Waals surface area contributed by atoms with Crippen molar-refractivity contribution in [2.75, 3.05) is 29.1 Å². The molecule has 10 heteroatoms. The number of halogens is 3. The van der Waals surface area contributed by atoms with Crippen molar-refractivity contribution in [3.05, 3.63) is 94.0 Å². The van der Waals surface area contributed by atoms with E-state index < -0.39 is 17.6 Å². The van der Waals surface area contributed by atoms with Gasteiger partial charge < -0.3 is 10.2 Å². The molecule has 2 N–H and O–H groups in total. The second-order valence-corrected chi connectivity index (χ2v) is 11.4. The van der Waals surface area contributed by atoms with Gasteiger partial charge in [0.1, 0.15) is 0 Å². The molecule has 1 fully saturated rings. The first-order valence-corrected chi connectivity index (χ1v) is 15.2. The van der Waals surface area contributed by atoms with Gasteiger partial charge in [-0.2, -0.15) is 30.0 Å². The minimum atomic E-state index is -4.49. The highest BCUT2D eigenvalue weighted by Gasteiger charge is 2.32. The van der Waals surface area contributed by atoms with Crippen LogP contribution >= 0.6 is 11.8 Å². The van der Waals surface area contributed by atoms with Crippen LogP contribution in [0.3, 0.4) is 0 Å². The summed E-state index contributed by atoms with van der Waals surface area (Å²) in [6, 6.07) is 16.5. The maximum absolute atomic E-state index is 13.3. The third-order valence-corrected chi connectivity index (χ3v) is 8.20. The highest BCUT2D eigenvalue weighted by Crippen LogP contribution is 2.32. The van der Waals surface area contributed by atoms with Gasteiger partial charge in [0.15, 0.2) is 0 Å². The van der Waals surface area contributed by atoms with Gasteiger partial charge in [-0.25, -0.2) is 5.43 Å². The van der Waals surface area contributed by atoms with Crippen LogP contribution in [0.25, 0.3) is 0 Å². The van der Waals surface area contributed by atoms with Crippen molar-refractivity contribution in [2.24, 2.45) is 5.10 Å². The molecule has 0 aliphatic carbocycles. The smallest absolute Gasteiger partial charge is 0.372 e. The minimum absolute atomic E-state index is 0.101. The van der Waals surface area contributed by atoms with Gasteiger partial charge in [-0.1, -0.05) is 31.2 Å². The number of hydrazone groups is 1. The van der Waals surface area contributed by atoms with E-state index in [1.54, 1.807) is 30.0 Å². The fraction of sp³-hybridized carbons (Fsp3) is 0.344. The molecule has 0 spiro atoms. The Bertz CT molecular complexity index is 1440. The number of nitrogens with zero attached hydrogens (tertiary/aromatic N) is 2. The van der Waals surface area contributed by atoms with Gasteiger partial charge in [0, 0.05) is 30.1 Å². The topological polar surface area (TPSA) is 73.8 Å². The number of rotatable bonds is 10. The van der Waals surface area contributed by atoms with E-state index in [0.717, 1.165) is 67.6 Å². The minimum Gasteiger partial charge on any atom is -0.372 e. The van der Waals surface area contributed by atoms with Gasteiger partial charge in [0.05, 0.1) is 23.0 Å². The van der Waals surface area contributed by atoms with Crippen molar-refractivity contribution in [2.45, 2.75) is 51.5 Å². The normalized spacial score (nSPS) is 13.8. The zero-order chi connectivity index (χ0) is 30.1. The Morgan fingerprint density at radius 2 is 1.79 bits per heavy atom. The molecule has 1 heterocycles. The van der Waals surface area contributed by atoms with Crippen molar-refractivity contribution >= 4 is 41.2 Å². The molecule has 4 rings (SSSR count). The SMILES string of the molecule is CCCSCc1cccc(C(=O)Nc2ccc(N3CCCCC3)cc2C(=O)N/N=C/c2ccc(C)c(C(F)(F)F)c2)c1. The van der Waals surface area contributed by atoms with Crippen LogP contribution in [0.5, 0.6) is 0 Å². The van der Waals surface area contributed by atoms with Gasteiger partial charge in [-0.05, 0) is 91.4 Å². The van der Waals surface area contributed by atoms with Crippen molar-refractivity contribution in [3.8, 4) is 0 Å². The molecular formula is C32H35F3N4O2S. The van der Waals surface area contributed by atoms with Gasteiger partial charge in [0.2, 0.25) is 0 Å². The number of aryl methyl sites for hydroxylation is 1. The number of nitrogens with one attached hydrogen (secondary N) is 2. The number of anilines is 2. The zero-order valence-corrected chi connectivity index (χ0v) is 24.6. The van der Waals surface area contributed by atoms with Crippen LogP contribution in [0.4, 0.5) is 24.5 Å². The summed E-state index contributed by atoms with van der Waals surface area (Å²) in [4.78, 5) is 28.7. The summed E-state index contributed by atoms with van der Waals surface area (Å²) in [6.07, 6.45) is 1.00. The molecule has 0 unspecified atom stereocenters. The predicted octanol–water partition coefficient (Wildman–Crippen LogP) is 7.66. The molecule has 42 heavy (non-hydrogen) atoms. The lowest BCUT2D eigenvalue weighted by molar-refractivity contribution is -0.138. The third kappa shape index (κ3) is 8.38. The quantitative estimate of drug-likeness (QED) is 0.143. The molecular weight excluding hydrogens is 561 g/mol. The van der Waals surface area contributed by atoms with E-state index in [0.29, 0.717) is 11.3 Å². The molecule has 0 bridgehead atoms. The summed E-state index contributed by atoms with van der Waals surface area (Å²) >= 11 is 1.80. The molecule has 3 aromatic carbocycles. The van der Waals surface area contributed by atoms with Crippen molar-refractivity contribution in [1.82, 2.24) is 5.43 Å². The maximum atomic E-state index is 13.3. The van der Waals surface area contributed by atoms with E-state index in [9.17, 15) is 22.8 Å². The Balaban J connectivity index is 1.55. The van der Waals surface area contributed by atoms with Crippen LogP contribution in [0.15, 0.2) is 65.8 Å². The fourth-order valence-corrected chi connectivity index (χ4v) is 5.61. The van der Waals surface area contributed by atoms with E-state index in [4.69, 9.17) is 0 Å². The number of benzene rings is 3. The lowest BCUT2D eigenvalue weighted by Gasteiger charge is -2.29. The largest absolute Gasteiger partial charge is 0.416 e. The molecule has 1 aliphatic heterocycles. The number of amides is 2. The van der Waals surface area contributed by atoms with E-state index in [1.165, 1.54) is 25.3 Å². The lowest BCUT2D eigenvalue weighted by Crippen LogP contribution is -2.30. The van der Waals surface area contributed by atoms with Crippen molar-refractivity contribution < 1.29 is 22.8 Å². The first kappa shape index (κ1) is 31.2. The average molecular weight is 597 g/mol. The standard InChI is InChI=1S/C32H35F3N4O2S/c1-3-16-42-21-24-8-7-9-25(17-24)30(40)37-29-13-12-26(39-14-5-4-6-15-39)19-27(29)31(41)38-36-20-23-11-10-22(2)28(18-23)32(33,34)35/h7-13,17-20H,3-6,14-16,21H2,1-2H3,(H,37,40)(H,38,41)/b36-20+. The molecule has 0 radical (unpaired) electrons. The van der Waals surface area contributed by atoms with E-state index >= 15 is 0 Å². The Morgan fingerprint density at radius 3 is 2.52 bits per heavy atom. The summed E-state index contributed by atoms with van der Waals surface area (Å²) in [6.45, 7) is 5.24. The van der Waals surface area contributed by atoms with Gasteiger partial charge in [-0.3, -0.25) is 9.59 Å². The number of piperidine rings is 1. The summed E-state index contributed by atoms with van der Waals surface area (Å²) in [7, 11) is 0. The molecule has 0 saturated carbocycles. The van der Waals surface area contributed by atoms with Gasteiger partial charge in [-0.15, -0.1) is 0 Å².